The lowest BCUT2D eigenvalue weighted by Crippen LogP contribution is -2.58. The van der Waals surface area contributed by atoms with Crippen LogP contribution in [0.4, 0.5) is 0 Å². The zero-order chi connectivity index (χ0) is 17.2. The van der Waals surface area contributed by atoms with Gasteiger partial charge in [-0.3, -0.25) is 9.69 Å². The maximum Gasteiger partial charge on any atom is 0.242 e. The number of likely N-dealkylation sites (N-methyl/N-ethyl adjacent to an activating group) is 1. The third kappa shape index (κ3) is 3.44. The molecule has 4 heteroatoms. The van der Waals surface area contributed by atoms with E-state index in [4.69, 9.17) is 4.74 Å². The number of piperidine rings is 1. The van der Waals surface area contributed by atoms with Crippen molar-refractivity contribution in [1.29, 1.82) is 0 Å². The van der Waals surface area contributed by atoms with E-state index in [1.54, 1.807) is 0 Å². The van der Waals surface area contributed by atoms with E-state index in [1.807, 2.05) is 18.0 Å². The van der Waals surface area contributed by atoms with Crippen molar-refractivity contribution >= 4 is 5.91 Å². The van der Waals surface area contributed by atoms with Gasteiger partial charge in [-0.2, -0.15) is 0 Å². The van der Waals surface area contributed by atoms with Crippen LogP contribution in [0.1, 0.15) is 45.1 Å². The summed E-state index contributed by atoms with van der Waals surface area (Å²) in [5, 5.41) is 0. The Kier molecular flexibility index (Phi) is 5.14. The van der Waals surface area contributed by atoms with Crippen LogP contribution in [0.2, 0.25) is 0 Å². The predicted octanol–water partition coefficient (Wildman–Crippen LogP) is 3.31. The Balaban J connectivity index is 1.73. The van der Waals surface area contributed by atoms with Crippen molar-refractivity contribution in [3.63, 3.8) is 0 Å². The molecule has 2 saturated heterocycles. The van der Waals surface area contributed by atoms with Crippen LogP contribution in [-0.4, -0.2) is 48.0 Å². The Bertz CT molecular complexity index is 587. The van der Waals surface area contributed by atoms with E-state index in [-0.39, 0.29) is 5.54 Å². The summed E-state index contributed by atoms with van der Waals surface area (Å²) >= 11 is 0. The molecule has 0 aliphatic carbocycles. The number of amides is 1. The van der Waals surface area contributed by atoms with Crippen LogP contribution >= 0.6 is 0 Å². The molecular formula is C20H30N2O2. The van der Waals surface area contributed by atoms with Gasteiger partial charge in [0.05, 0.1) is 6.61 Å². The van der Waals surface area contributed by atoms with Gasteiger partial charge in [0.1, 0.15) is 11.3 Å². The molecule has 2 fully saturated rings. The van der Waals surface area contributed by atoms with Crippen LogP contribution in [0.15, 0.2) is 24.3 Å². The Morgan fingerprint density at radius 1 is 1.21 bits per heavy atom. The number of benzene rings is 1. The van der Waals surface area contributed by atoms with Crippen molar-refractivity contribution in [2.45, 2.75) is 51.6 Å². The third-order valence-electron chi connectivity index (χ3n) is 5.31. The minimum Gasteiger partial charge on any atom is -0.493 e. The number of nitrogens with zero attached hydrogens (tertiary/aromatic N) is 2. The summed E-state index contributed by atoms with van der Waals surface area (Å²) in [5.74, 6) is 1.77. The second-order valence-corrected chi connectivity index (χ2v) is 7.74. The van der Waals surface area contributed by atoms with Gasteiger partial charge >= 0.3 is 0 Å². The first-order valence-electron chi connectivity index (χ1n) is 9.24. The number of likely N-dealkylation sites (tertiary alicyclic amines) is 2. The van der Waals surface area contributed by atoms with Crippen molar-refractivity contribution in [2.75, 3.05) is 26.7 Å². The molecule has 0 bridgehead atoms. The summed E-state index contributed by atoms with van der Waals surface area (Å²) in [6.07, 6.45) is 4.22. The number of hydrogen-bond acceptors (Lipinski definition) is 3. The molecule has 2 heterocycles. The van der Waals surface area contributed by atoms with Crippen molar-refractivity contribution in [1.82, 2.24) is 9.80 Å². The standard InChI is InChI=1S/C20H30N2O2/c1-16(2)15-24-18-8-4-7-17(13-18)14-22-12-6-10-20(22)9-5-11-21(3)19(20)23/h4,7-8,13,16H,5-6,9-12,14-15H2,1-3H3. The Labute approximate surface area is 145 Å². The SMILES string of the molecule is CC(C)COc1cccc(CN2CCCC23CCCN(C)C3=O)c1. The zero-order valence-electron chi connectivity index (χ0n) is 15.3. The average Bonchev–Trinajstić information content (AvgIpc) is 2.94. The van der Waals surface area contributed by atoms with E-state index in [1.165, 1.54) is 5.56 Å². The van der Waals surface area contributed by atoms with E-state index >= 15 is 0 Å². The fourth-order valence-corrected chi connectivity index (χ4v) is 4.08. The third-order valence-corrected chi connectivity index (χ3v) is 5.31. The smallest absolute Gasteiger partial charge is 0.242 e. The molecule has 1 amide bonds. The van der Waals surface area contributed by atoms with Crippen LogP contribution in [0.25, 0.3) is 0 Å². The minimum atomic E-state index is -0.262. The van der Waals surface area contributed by atoms with Gasteiger partial charge in [0.2, 0.25) is 5.91 Å². The Hall–Kier alpha value is -1.55. The molecular weight excluding hydrogens is 300 g/mol. The number of carbonyl (C=O) groups is 1. The first-order valence-corrected chi connectivity index (χ1v) is 9.24. The summed E-state index contributed by atoms with van der Waals surface area (Å²) in [5.41, 5.74) is 0.973. The molecule has 0 aromatic heterocycles. The maximum absolute atomic E-state index is 12.9. The highest BCUT2D eigenvalue weighted by atomic mass is 16.5. The molecule has 1 aromatic rings. The molecule has 24 heavy (non-hydrogen) atoms. The monoisotopic (exact) mass is 330 g/mol. The van der Waals surface area contributed by atoms with E-state index in [0.29, 0.717) is 11.8 Å². The molecule has 0 saturated carbocycles. The van der Waals surface area contributed by atoms with Crippen LogP contribution in [0.3, 0.4) is 0 Å². The summed E-state index contributed by atoms with van der Waals surface area (Å²) in [7, 11) is 1.94. The van der Waals surface area contributed by atoms with Gasteiger partial charge in [-0.25, -0.2) is 0 Å². The van der Waals surface area contributed by atoms with E-state index in [2.05, 4.69) is 36.9 Å². The van der Waals surface area contributed by atoms with Gasteiger partial charge in [-0.1, -0.05) is 26.0 Å². The van der Waals surface area contributed by atoms with Crippen LogP contribution in [0.5, 0.6) is 5.75 Å². The van der Waals surface area contributed by atoms with Gasteiger partial charge in [0, 0.05) is 20.1 Å². The molecule has 2 aliphatic rings. The fraction of sp³-hybridized carbons (Fsp3) is 0.650. The summed E-state index contributed by atoms with van der Waals surface area (Å²) in [4.78, 5) is 17.2. The molecule has 0 radical (unpaired) electrons. The highest BCUT2D eigenvalue weighted by molar-refractivity contribution is 5.87. The number of hydrogen-bond donors (Lipinski definition) is 0. The van der Waals surface area contributed by atoms with Gasteiger partial charge in [0.15, 0.2) is 0 Å². The maximum atomic E-state index is 12.9. The quantitative estimate of drug-likeness (QED) is 0.830. The Morgan fingerprint density at radius 2 is 1.96 bits per heavy atom. The van der Waals surface area contributed by atoms with Crippen LogP contribution in [0, 0.1) is 5.92 Å². The summed E-state index contributed by atoms with van der Waals surface area (Å²) in [6, 6.07) is 8.35. The lowest BCUT2D eigenvalue weighted by Gasteiger charge is -2.43. The molecule has 1 aromatic carbocycles. The average molecular weight is 330 g/mol. The first kappa shape index (κ1) is 17.3. The second kappa shape index (κ2) is 7.14. The summed E-state index contributed by atoms with van der Waals surface area (Å²) in [6.45, 7) is 7.79. The topological polar surface area (TPSA) is 32.8 Å². The summed E-state index contributed by atoms with van der Waals surface area (Å²) < 4.78 is 5.85. The van der Waals surface area contributed by atoms with Crippen LogP contribution < -0.4 is 4.74 Å². The lowest BCUT2D eigenvalue weighted by atomic mass is 9.85. The van der Waals surface area contributed by atoms with Crippen LogP contribution in [-0.2, 0) is 11.3 Å². The highest BCUT2D eigenvalue weighted by Crippen LogP contribution is 2.38. The Morgan fingerprint density at radius 3 is 2.71 bits per heavy atom. The van der Waals surface area contributed by atoms with Gasteiger partial charge < -0.3 is 9.64 Å². The minimum absolute atomic E-state index is 0.262. The molecule has 4 nitrogen and oxygen atoms in total. The molecule has 132 valence electrons. The predicted molar refractivity (Wildman–Crippen MR) is 96.0 cm³/mol. The normalized spacial score (nSPS) is 25.0. The molecule has 0 N–H and O–H groups in total. The van der Waals surface area contributed by atoms with E-state index in [9.17, 15) is 4.79 Å². The van der Waals surface area contributed by atoms with Crippen molar-refractivity contribution in [3.8, 4) is 5.75 Å². The molecule has 1 atom stereocenters. The molecule has 1 spiro atoms. The first-order chi connectivity index (χ1) is 11.5. The highest BCUT2D eigenvalue weighted by Gasteiger charge is 2.49. The molecule has 2 aliphatic heterocycles. The number of rotatable bonds is 5. The van der Waals surface area contributed by atoms with Crippen molar-refractivity contribution in [2.24, 2.45) is 5.92 Å². The van der Waals surface area contributed by atoms with Crippen molar-refractivity contribution in [3.05, 3.63) is 29.8 Å². The second-order valence-electron chi connectivity index (χ2n) is 7.74. The lowest BCUT2D eigenvalue weighted by molar-refractivity contribution is -0.146. The molecule has 1 unspecified atom stereocenters. The number of ether oxygens (including phenoxy) is 1. The van der Waals surface area contributed by atoms with Gasteiger partial charge in [-0.15, -0.1) is 0 Å². The van der Waals surface area contributed by atoms with Crippen molar-refractivity contribution < 1.29 is 9.53 Å². The van der Waals surface area contributed by atoms with E-state index in [0.717, 1.165) is 57.7 Å². The molecule has 3 rings (SSSR count). The van der Waals surface area contributed by atoms with E-state index < -0.39 is 0 Å². The largest absolute Gasteiger partial charge is 0.493 e. The van der Waals surface area contributed by atoms with Gasteiger partial charge in [0.25, 0.3) is 0 Å². The van der Waals surface area contributed by atoms with Gasteiger partial charge in [-0.05, 0) is 55.8 Å². The number of carbonyl (C=O) groups excluding carboxylic acids is 1. The fourth-order valence-electron chi connectivity index (χ4n) is 4.08. The zero-order valence-corrected chi connectivity index (χ0v) is 15.3.